The van der Waals surface area contributed by atoms with E-state index in [1.165, 1.54) is 13.0 Å². The maximum atomic E-state index is 12.8. The van der Waals surface area contributed by atoms with E-state index in [0.717, 1.165) is 5.56 Å². The number of hydrogen-bond acceptors (Lipinski definition) is 9. The van der Waals surface area contributed by atoms with Gasteiger partial charge in [0.2, 0.25) is 0 Å². The molecule has 0 aliphatic carbocycles. The summed E-state index contributed by atoms with van der Waals surface area (Å²) in [5, 5.41) is 10.0. The van der Waals surface area contributed by atoms with Crippen LogP contribution in [0.4, 0.5) is 0 Å². The van der Waals surface area contributed by atoms with Crippen molar-refractivity contribution in [2.75, 3.05) is 13.2 Å². The zero-order valence-electron chi connectivity index (χ0n) is 20.8. The minimum absolute atomic E-state index is 0.0131. The van der Waals surface area contributed by atoms with E-state index in [9.17, 15) is 19.5 Å². The molecule has 0 amide bonds. The smallest absolute Gasteiger partial charge is 0.311 e. The molecule has 5 atom stereocenters. The lowest BCUT2D eigenvalue weighted by Gasteiger charge is -2.45. The van der Waals surface area contributed by atoms with Crippen LogP contribution in [0, 0.1) is 5.41 Å². The van der Waals surface area contributed by atoms with E-state index in [2.05, 4.69) is 6.58 Å². The fraction of sp³-hybridized carbons (Fsp3) is 0.577. The monoisotopic (exact) mass is 492 g/mol. The molecule has 0 saturated carbocycles. The lowest BCUT2D eigenvalue weighted by atomic mass is 9.95. The molecule has 1 aliphatic rings. The maximum Gasteiger partial charge on any atom is 0.311 e. The first kappa shape index (κ1) is 28.6. The predicted molar refractivity (Wildman–Crippen MR) is 126 cm³/mol. The van der Waals surface area contributed by atoms with E-state index in [1.54, 1.807) is 20.8 Å². The van der Waals surface area contributed by atoms with E-state index < -0.39 is 54.7 Å². The van der Waals surface area contributed by atoms with Crippen molar-refractivity contribution in [2.24, 2.45) is 5.41 Å². The Labute approximate surface area is 206 Å². The highest BCUT2D eigenvalue weighted by molar-refractivity contribution is 5.81. The molecule has 0 radical (unpaired) electrons. The molecule has 1 saturated heterocycles. The molecule has 0 aromatic heterocycles. The van der Waals surface area contributed by atoms with Crippen molar-refractivity contribution < 1.29 is 43.2 Å². The lowest BCUT2D eigenvalue weighted by Crippen LogP contribution is -2.62. The Balaban J connectivity index is 2.39. The molecule has 1 aromatic rings. The van der Waals surface area contributed by atoms with Gasteiger partial charge >= 0.3 is 11.9 Å². The minimum Gasteiger partial charge on any atom is -0.457 e. The molecule has 0 spiro atoms. The number of esters is 2. The minimum atomic E-state index is -1.12. The number of aliphatic hydroxyl groups excluding tert-OH is 1. The summed E-state index contributed by atoms with van der Waals surface area (Å²) in [6.07, 6.45) is -4.00. The van der Waals surface area contributed by atoms with Gasteiger partial charge in [-0.15, -0.1) is 6.58 Å². The first-order chi connectivity index (χ1) is 16.6. The molecular formula is C26H36O9. The highest BCUT2D eigenvalue weighted by Crippen LogP contribution is 2.32. The highest BCUT2D eigenvalue weighted by atomic mass is 16.7. The summed E-state index contributed by atoms with van der Waals surface area (Å²) >= 11 is 0. The van der Waals surface area contributed by atoms with Crippen molar-refractivity contribution in [3.63, 3.8) is 0 Å². The molecule has 1 heterocycles. The van der Waals surface area contributed by atoms with Crippen molar-refractivity contribution in [3.8, 4) is 0 Å². The third-order valence-corrected chi connectivity index (χ3v) is 5.24. The van der Waals surface area contributed by atoms with Crippen LogP contribution in [0.25, 0.3) is 0 Å². The molecule has 9 nitrogen and oxygen atoms in total. The zero-order chi connectivity index (χ0) is 26.0. The summed E-state index contributed by atoms with van der Waals surface area (Å²) in [6.45, 7) is 9.80. The highest BCUT2D eigenvalue weighted by Gasteiger charge is 2.52. The van der Waals surface area contributed by atoms with Crippen LogP contribution in [0.15, 0.2) is 43.0 Å². The fourth-order valence-corrected chi connectivity index (χ4v) is 3.34. The lowest BCUT2D eigenvalue weighted by molar-refractivity contribution is -0.313. The Morgan fingerprint density at radius 2 is 1.71 bits per heavy atom. The Morgan fingerprint density at radius 1 is 1.03 bits per heavy atom. The largest absolute Gasteiger partial charge is 0.457 e. The summed E-state index contributed by atoms with van der Waals surface area (Å²) < 4.78 is 29.2. The van der Waals surface area contributed by atoms with E-state index in [0.29, 0.717) is 0 Å². The number of aliphatic hydroxyl groups is 1. The molecular weight excluding hydrogens is 456 g/mol. The van der Waals surface area contributed by atoms with Crippen LogP contribution in [-0.4, -0.2) is 66.7 Å². The summed E-state index contributed by atoms with van der Waals surface area (Å²) in [4.78, 5) is 36.7. The van der Waals surface area contributed by atoms with Gasteiger partial charge in [0.1, 0.15) is 18.0 Å². The first-order valence-corrected chi connectivity index (χ1v) is 11.6. The van der Waals surface area contributed by atoms with Crippen molar-refractivity contribution in [1.29, 1.82) is 0 Å². The standard InChI is InChI=1S/C26H36O9/c1-6-14-31-24-23(35-25(30)26(3,4)5)22(32-16-18-10-8-7-9-11-18)21(19(15-27)33-24)34-20(29)13-12-17(2)28/h6-11,19,21-24,27H,1,12-16H2,2-5H3/t19-,21-,22+,23-,24-/m1/s1. The van der Waals surface area contributed by atoms with Crippen LogP contribution in [0.5, 0.6) is 0 Å². The molecule has 35 heavy (non-hydrogen) atoms. The topological polar surface area (TPSA) is 118 Å². The second-order valence-corrected chi connectivity index (χ2v) is 9.39. The van der Waals surface area contributed by atoms with Gasteiger partial charge in [0.15, 0.2) is 18.5 Å². The summed E-state index contributed by atoms with van der Waals surface area (Å²) in [6, 6.07) is 9.29. The van der Waals surface area contributed by atoms with Crippen LogP contribution >= 0.6 is 0 Å². The summed E-state index contributed by atoms with van der Waals surface area (Å²) in [7, 11) is 0. The first-order valence-electron chi connectivity index (χ1n) is 11.6. The molecule has 9 heteroatoms. The van der Waals surface area contributed by atoms with Gasteiger partial charge in [-0.25, -0.2) is 0 Å². The van der Waals surface area contributed by atoms with Gasteiger partial charge < -0.3 is 33.6 Å². The van der Waals surface area contributed by atoms with Crippen LogP contribution < -0.4 is 0 Å². The van der Waals surface area contributed by atoms with E-state index in [-0.39, 0.29) is 31.8 Å². The Morgan fingerprint density at radius 3 is 2.29 bits per heavy atom. The van der Waals surface area contributed by atoms with Crippen LogP contribution in [0.2, 0.25) is 0 Å². The van der Waals surface area contributed by atoms with Gasteiger partial charge in [0.05, 0.1) is 31.7 Å². The molecule has 1 fully saturated rings. The average Bonchev–Trinajstić information content (AvgIpc) is 2.81. The summed E-state index contributed by atoms with van der Waals surface area (Å²) in [5.41, 5.74) is -0.000266. The number of carbonyl (C=O) groups excluding carboxylic acids is 3. The Hall–Kier alpha value is -2.59. The molecule has 1 N–H and O–H groups in total. The molecule has 2 rings (SSSR count). The van der Waals surface area contributed by atoms with E-state index >= 15 is 0 Å². The SMILES string of the molecule is C=CCO[C@@H]1O[C@H](CO)[C@@H](OC(=O)CCC(C)=O)[C@H](OCc2ccccc2)[C@H]1OC(=O)C(C)(C)C. The predicted octanol–water partition coefficient (Wildman–Crippen LogP) is 2.73. The third-order valence-electron chi connectivity index (χ3n) is 5.24. The van der Waals surface area contributed by atoms with Crippen LogP contribution in [0.1, 0.15) is 46.1 Å². The van der Waals surface area contributed by atoms with Crippen molar-refractivity contribution in [1.82, 2.24) is 0 Å². The Kier molecular flexibility index (Phi) is 11.0. The molecule has 0 bridgehead atoms. The van der Waals surface area contributed by atoms with Crippen molar-refractivity contribution in [3.05, 3.63) is 48.6 Å². The number of rotatable bonds is 12. The van der Waals surface area contributed by atoms with Gasteiger partial charge in [0.25, 0.3) is 0 Å². The van der Waals surface area contributed by atoms with Crippen LogP contribution in [-0.2, 0) is 44.7 Å². The number of Topliss-reactive ketones (excluding diaryl/α,β-unsaturated/α-hetero) is 1. The van der Waals surface area contributed by atoms with E-state index in [1.807, 2.05) is 30.3 Å². The number of ether oxygens (including phenoxy) is 5. The van der Waals surface area contributed by atoms with Gasteiger partial charge in [0, 0.05) is 6.42 Å². The Bertz CT molecular complexity index is 846. The van der Waals surface area contributed by atoms with Gasteiger partial charge in [-0.3, -0.25) is 9.59 Å². The van der Waals surface area contributed by atoms with Gasteiger partial charge in [-0.1, -0.05) is 36.4 Å². The fourth-order valence-electron chi connectivity index (χ4n) is 3.34. The zero-order valence-corrected chi connectivity index (χ0v) is 20.8. The molecule has 1 aromatic carbocycles. The van der Waals surface area contributed by atoms with E-state index in [4.69, 9.17) is 23.7 Å². The second kappa shape index (κ2) is 13.5. The third kappa shape index (κ3) is 8.85. The number of ketones is 1. The normalized spacial score (nSPS) is 24.4. The molecule has 0 unspecified atom stereocenters. The van der Waals surface area contributed by atoms with Crippen molar-refractivity contribution in [2.45, 2.75) is 77.8 Å². The average molecular weight is 493 g/mol. The maximum absolute atomic E-state index is 12.8. The van der Waals surface area contributed by atoms with Gasteiger partial charge in [-0.2, -0.15) is 0 Å². The molecule has 1 aliphatic heterocycles. The number of benzene rings is 1. The second-order valence-electron chi connectivity index (χ2n) is 9.39. The van der Waals surface area contributed by atoms with Crippen LogP contribution in [0.3, 0.4) is 0 Å². The number of carbonyl (C=O) groups is 3. The van der Waals surface area contributed by atoms with Gasteiger partial charge in [-0.05, 0) is 33.3 Å². The number of hydrogen-bond donors (Lipinski definition) is 1. The molecule has 194 valence electrons. The quantitative estimate of drug-likeness (QED) is 0.347. The van der Waals surface area contributed by atoms with Crippen molar-refractivity contribution >= 4 is 17.7 Å². The summed E-state index contributed by atoms with van der Waals surface area (Å²) in [5.74, 6) is -1.35.